The Kier molecular flexibility index (Phi) is 1.60. The summed E-state index contributed by atoms with van der Waals surface area (Å²) in [6, 6.07) is 0. The fraction of sp³-hybridized carbons (Fsp3) is 0.875. The summed E-state index contributed by atoms with van der Waals surface area (Å²) in [5.41, 5.74) is 0.111. The first kappa shape index (κ1) is 7.10. The third-order valence-corrected chi connectivity index (χ3v) is 2.87. The van der Waals surface area contributed by atoms with E-state index in [0.29, 0.717) is 6.61 Å². The second kappa shape index (κ2) is 2.48. The molecule has 0 aromatic carbocycles. The fourth-order valence-corrected chi connectivity index (χ4v) is 1.93. The minimum Gasteiger partial charge on any atom is -0.377 e. The highest BCUT2D eigenvalue weighted by atomic mass is 16.5. The highest BCUT2D eigenvalue weighted by molar-refractivity contribution is 5.49. The van der Waals surface area contributed by atoms with Crippen LogP contribution in [0.25, 0.3) is 0 Å². The molecule has 0 N–H and O–H groups in total. The van der Waals surface area contributed by atoms with Gasteiger partial charge in [-0.25, -0.2) is 0 Å². The van der Waals surface area contributed by atoms with E-state index in [9.17, 15) is 4.79 Å². The highest BCUT2D eigenvalue weighted by Crippen LogP contribution is 2.38. The van der Waals surface area contributed by atoms with Gasteiger partial charge >= 0.3 is 0 Å². The van der Waals surface area contributed by atoms with Gasteiger partial charge in [0.2, 0.25) is 6.41 Å². The van der Waals surface area contributed by atoms with Crippen LogP contribution in [0.2, 0.25) is 0 Å². The largest absolute Gasteiger partial charge is 0.377 e. The maximum atomic E-state index is 10.6. The molecular formula is C8H13NO2. The van der Waals surface area contributed by atoms with Crippen molar-refractivity contribution in [3.63, 3.8) is 0 Å². The number of rotatable bonds is 1. The third-order valence-electron chi connectivity index (χ3n) is 2.87. The van der Waals surface area contributed by atoms with Crippen molar-refractivity contribution in [2.45, 2.75) is 24.8 Å². The third kappa shape index (κ3) is 0.948. The molecular weight excluding hydrogens is 142 g/mol. The molecule has 2 aliphatic rings. The van der Waals surface area contributed by atoms with Gasteiger partial charge in [0.25, 0.3) is 0 Å². The van der Waals surface area contributed by atoms with Crippen molar-refractivity contribution < 1.29 is 9.53 Å². The van der Waals surface area contributed by atoms with E-state index in [1.54, 1.807) is 0 Å². The monoisotopic (exact) mass is 155 g/mol. The van der Waals surface area contributed by atoms with Gasteiger partial charge in [-0.1, -0.05) is 0 Å². The van der Waals surface area contributed by atoms with Crippen LogP contribution in [0, 0.1) is 0 Å². The van der Waals surface area contributed by atoms with Crippen LogP contribution >= 0.6 is 0 Å². The zero-order chi connectivity index (χ0) is 7.73. The van der Waals surface area contributed by atoms with Crippen LogP contribution in [0.4, 0.5) is 0 Å². The number of amides is 1. The molecule has 0 atom stereocenters. The maximum absolute atomic E-state index is 10.6. The summed E-state index contributed by atoms with van der Waals surface area (Å²) in [5.74, 6) is 0. The van der Waals surface area contributed by atoms with Crippen LogP contribution in [-0.2, 0) is 9.53 Å². The number of hydrogen-bond donors (Lipinski definition) is 0. The van der Waals surface area contributed by atoms with Crippen LogP contribution in [0.1, 0.15) is 19.3 Å². The molecule has 0 unspecified atom stereocenters. The predicted octanol–water partition coefficient (Wildman–Crippen LogP) is 0.398. The van der Waals surface area contributed by atoms with E-state index in [-0.39, 0.29) is 5.54 Å². The first-order valence-electron chi connectivity index (χ1n) is 4.17. The molecule has 1 aliphatic heterocycles. The minimum absolute atomic E-state index is 0.111. The summed E-state index contributed by atoms with van der Waals surface area (Å²) < 4.78 is 5.36. The van der Waals surface area contributed by atoms with Gasteiger partial charge < -0.3 is 9.64 Å². The molecule has 0 aromatic rings. The van der Waals surface area contributed by atoms with Crippen LogP contribution in [0.3, 0.4) is 0 Å². The first-order valence-corrected chi connectivity index (χ1v) is 4.17. The number of hydrogen-bond acceptors (Lipinski definition) is 2. The van der Waals surface area contributed by atoms with E-state index in [2.05, 4.69) is 0 Å². The Labute approximate surface area is 66.3 Å². The summed E-state index contributed by atoms with van der Waals surface area (Å²) in [4.78, 5) is 12.6. The average Bonchev–Trinajstić information content (AvgIpc) is 2.01. The molecule has 3 nitrogen and oxygen atoms in total. The fourth-order valence-electron chi connectivity index (χ4n) is 1.93. The summed E-state index contributed by atoms with van der Waals surface area (Å²) >= 11 is 0. The Balaban J connectivity index is 2.08. The van der Waals surface area contributed by atoms with Crippen molar-refractivity contribution in [3.05, 3.63) is 0 Å². The van der Waals surface area contributed by atoms with Gasteiger partial charge in [0, 0.05) is 6.54 Å². The van der Waals surface area contributed by atoms with Gasteiger partial charge in [-0.3, -0.25) is 4.79 Å². The normalized spacial score (nSPS) is 28.2. The van der Waals surface area contributed by atoms with Crippen molar-refractivity contribution in [3.8, 4) is 0 Å². The van der Waals surface area contributed by atoms with E-state index in [1.807, 2.05) is 4.90 Å². The van der Waals surface area contributed by atoms with Crippen molar-refractivity contribution in [2.75, 3.05) is 19.8 Å². The Hall–Kier alpha value is -0.570. The lowest BCUT2D eigenvalue weighted by molar-refractivity contribution is -0.145. The van der Waals surface area contributed by atoms with Gasteiger partial charge in [-0.2, -0.15) is 0 Å². The van der Waals surface area contributed by atoms with Crippen molar-refractivity contribution >= 4 is 6.41 Å². The lowest BCUT2D eigenvalue weighted by Crippen LogP contribution is -2.60. The van der Waals surface area contributed by atoms with E-state index in [1.165, 1.54) is 6.42 Å². The lowest BCUT2D eigenvalue weighted by Gasteiger charge is -2.51. The lowest BCUT2D eigenvalue weighted by atomic mass is 9.75. The molecule has 1 amide bonds. The standard InChI is InChI=1S/C8H13NO2/c10-7-9-4-5-11-6-8(9)2-1-3-8/h7H,1-6H2. The topological polar surface area (TPSA) is 29.5 Å². The number of morpholine rings is 1. The number of ether oxygens (including phenoxy) is 1. The molecule has 2 rings (SSSR count). The molecule has 62 valence electrons. The number of carbonyl (C=O) groups is 1. The smallest absolute Gasteiger partial charge is 0.210 e. The molecule has 1 saturated heterocycles. The van der Waals surface area contributed by atoms with Crippen LogP contribution < -0.4 is 0 Å². The zero-order valence-corrected chi connectivity index (χ0v) is 6.58. The second-order valence-electron chi connectivity index (χ2n) is 3.43. The quantitative estimate of drug-likeness (QED) is 0.513. The van der Waals surface area contributed by atoms with Crippen molar-refractivity contribution in [2.24, 2.45) is 0 Å². The second-order valence-corrected chi connectivity index (χ2v) is 3.43. The van der Waals surface area contributed by atoms with Gasteiger partial charge in [-0.15, -0.1) is 0 Å². The Morgan fingerprint density at radius 3 is 2.73 bits per heavy atom. The minimum atomic E-state index is 0.111. The van der Waals surface area contributed by atoms with Crippen molar-refractivity contribution in [1.82, 2.24) is 4.90 Å². The summed E-state index contributed by atoms with van der Waals surface area (Å²) in [5, 5.41) is 0. The van der Waals surface area contributed by atoms with Gasteiger partial charge in [0.15, 0.2) is 0 Å². The maximum Gasteiger partial charge on any atom is 0.210 e. The Morgan fingerprint density at radius 1 is 1.45 bits per heavy atom. The molecule has 0 radical (unpaired) electrons. The van der Waals surface area contributed by atoms with Gasteiger partial charge in [-0.05, 0) is 19.3 Å². The van der Waals surface area contributed by atoms with E-state index in [4.69, 9.17) is 4.74 Å². The molecule has 0 aromatic heterocycles. The molecule has 1 spiro atoms. The predicted molar refractivity (Wildman–Crippen MR) is 40.2 cm³/mol. The Bertz CT molecular complexity index is 165. The average molecular weight is 155 g/mol. The highest BCUT2D eigenvalue weighted by Gasteiger charge is 2.44. The number of nitrogens with zero attached hydrogens (tertiary/aromatic N) is 1. The molecule has 3 heteroatoms. The summed E-state index contributed by atoms with van der Waals surface area (Å²) in [6.07, 6.45) is 4.48. The van der Waals surface area contributed by atoms with Crippen LogP contribution in [0.15, 0.2) is 0 Å². The molecule has 0 bridgehead atoms. The summed E-state index contributed by atoms with van der Waals surface area (Å²) in [7, 11) is 0. The van der Waals surface area contributed by atoms with E-state index in [0.717, 1.165) is 32.4 Å². The van der Waals surface area contributed by atoms with E-state index >= 15 is 0 Å². The van der Waals surface area contributed by atoms with E-state index < -0.39 is 0 Å². The molecule has 1 saturated carbocycles. The zero-order valence-electron chi connectivity index (χ0n) is 6.58. The van der Waals surface area contributed by atoms with Gasteiger partial charge in [0.1, 0.15) is 0 Å². The van der Waals surface area contributed by atoms with Crippen molar-refractivity contribution in [1.29, 1.82) is 0 Å². The molecule has 1 heterocycles. The van der Waals surface area contributed by atoms with Crippen LogP contribution in [-0.4, -0.2) is 36.6 Å². The molecule has 1 aliphatic carbocycles. The Morgan fingerprint density at radius 2 is 2.27 bits per heavy atom. The molecule has 11 heavy (non-hydrogen) atoms. The first-order chi connectivity index (χ1) is 5.37. The van der Waals surface area contributed by atoms with Gasteiger partial charge in [0.05, 0.1) is 18.8 Å². The number of carbonyl (C=O) groups excluding carboxylic acids is 1. The summed E-state index contributed by atoms with van der Waals surface area (Å²) in [6.45, 7) is 2.25. The SMILES string of the molecule is O=CN1CCOCC12CCC2. The van der Waals surface area contributed by atoms with Crippen LogP contribution in [0.5, 0.6) is 0 Å². The molecule has 2 fully saturated rings.